The first kappa shape index (κ1) is 18.1. The summed E-state index contributed by atoms with van der Waals surface area (Å²) < 4.78 is 0. The molecule has 2 saturated carbocycles. The van der Waals surface area contributed by atoms with Crippen LogP contribution in [-0.4, -0.2) is 46.3 Å². The largest absolute Gasteiger partial charge is 0.354 e. The number of nitro groups is 2. The van der Waals surface area contributed by atoms with Crippen molar-refractivity contribution in [3.8, 4) is 0 Å². The SMILES string of the molecule is CC(C)CC(CNC(=O)C1CC1[N+](=O)[O-])NC(=O)C1CC1[N+](=O)[O-]. The van der Waals surface area contributed by atoms with E-state index in [-0.39, 0.29) is 43.2 Å². The van der Waals surface area contributed by atoms with E-state index in [1.165, 1.54) is 0 Å². The molecule has 0 aromatic heterocycles. The van der Waals surface area contributed by atoms with Crippen LogP contribution in [0.25, 0.3) is 0 Å². The Hall–Kier alpha value is -2.26. The molecule has 2 aliphatic carbocycles. The monoisotopic (exact) mass is 342 g/mol. The van der Waals surface area contributed by atoms with Crippen LogP contribution in [0.4, 0.5) is 0 Å². The van der Waals surface area contributed by atoms with Crippen molar-refractivity contribution in [2.24, 2.45) is 17.8 Å². The standard InChI is InChI=1S/C14H22N4O6/c1-7(2)3-8(16-14(20)10-5-12(10)18(23)24)6-15-13(19)9-4-11(9)17(21)22/h7-12H,3-6H2,1-2H3,(H,15,19)(H,16,20). The van der Waals surface area contributed by atoms with Crippen molar-refractivity contribution in [2.45, 2.75) is 51.2 Å². The lowest BCUT2D eigenvalue weighted by molar-refractivity contribution is -0.497. The Balaban J connectivity index is 1.80. The van der Waals surface area contributed by atoms with Gasteiger partial charge in [-0.2, -0.15) is 0 Å². The van der Waals surface area contributed by atoms with Crippen LogP contribution in [0.2, 0.25) is 0 Å². The zero-order valence-corrected chi connectivity index (χ0v) is 13.6. The molecule has 24 heavy (non-hydrogen) atoms. The van der Waals surface area contributed by atoms with E-state index in [9.17, 15) is 29.8 Å². The lowest BCUT2D eigenvalue weighted by Gasteiger charge is -2.21. The van der Waals surface area contributed by atoms with Crippen molar-refractivity contribution in [1.29, 1.82) is 0 Å². The number of nitrogens with one attached hydrogen (secondary N) is 2. The van der Waals surface area contributed by atoms with E-state index in [1.807, 2.05) is 13.8 Å². The maximum Gasteiger partial charge on any atom is 0.230 e. The highest BCUT2D eigenvalue weighted by atomic mass is 16.6. The van der Waals surface area contributed by atoms with Gasteiger partial charge in [0.2, 0.25) is 23.9 Å². The highest BCUT2D eigenvalue weighted by Crippen LogP contribution is 2.34. The summed E-state index contributed by atoms with van der Waals surface area (Å²) in [6, 6.07) is -1.97. The number of rotatable bonds is 9. The van der Waals surface area contributed by atoms with E-state index >= 15 is 0 Å². The average molecular weight is 342 g/mol. The van der Waals surface area contributed by atoms with Crippen molar-refractivity contribution < 1.29 is 19.4 Å². The van der Waals surface area contributed by atoms with E-state index in [4.69, 9.17) is 0 Å². The lowest BCUT2D eigenvalue weighted by Crippen LogP contribution is -2.46. The van der Waals surface area contributed by atoms with E-state index in [2.05, 4.69) is 10.6 Å². The molecular formula is C14H22N4O6. The van der Waals surface area contributed by atoms with Crippen LogP contribution in [-0.2, 0) is 9.59 Å². The first-order valence-electron chi connectivity index (χ1n) is 8.05. The fourth-order valence-electron chi connectivity index (χ4n) is 2.82. The fraction of sp³-hybridized carbons (Fsp3) is 0.857. The topological polar surface area (TPSA) is 144 Å². The highest BCUT2D eigenvalue weighted by molar-refractivity contribution is 5.83. The number of nitrogens with zero attached hydrogens (tertiary/aromatic N) is 2. The summed E-state index contributed by atoms with van der Waals surface area (Å²) in [7, 11) is 0. The molecular weight excluding hydrogens is 320 g/mol. The fourth-order valence-corrected chi connectivity index (χ4v) is 2.82. The molecule has 134 valence electrons. The summed E-state index contributed by atoms with van der Waals surface area (Å²) in [4.78, 5) is 44.2. The molecule has 0 saturated heterocycles. The molecule has 5 unspecified atom stereocenters. The van der Waals surface area contributed by atoms with Gasteiger partial charge in [-0.05, 0) is 12.3 Å². The second-order valence-electron chi connectivity index (χ2n) is 6.97. The summed E-state index contributed by atoms with van der Waals surface area (Å²) in [6.07, 6.45) is 1.09. The van der Waals surface area contributed by atoms with Gasteiger partial charge < -0.3 is 10.6 Å². The van der Waals surface area contributed by atoms with Crippen LogP contribution in [0.15, 0.2) is 0 Å². The summed E-state index contributed by atoms with van der Waals surface area (Å²) >= 11 is 0. The molecule has 10 heteroatoms. The van der Waals surface area contributed by atoms with Gasteiger partial charge in [0.15, 0.2) is 0 Å². The summed E-state index contributed by atoms with van der Waals surface area (Å²) in [5.74, 6) is -1.70. The van der Waals surface area contributed by atoms with E-state index in [0.29, 0.717) is 6.42 Å². The molecule has 5 atom stereocenters. The Morgan fingerprint density at radius 3 is 1.96 bits per heavy atom. The van der Waals surface area contributed by atoms with Gasteiger partial charge in [-0.3, -0.25) is 29.8 Å². The third-order valence-corrected chi connectivity index (χ3v) is 4.35. The molecule has 2 amide bonds. The van der Waals surface area contributed by atoms with Gasteiger partial charge in [-0.25, -0.2) is 0 Å². The van der Waals surface area contributed by atoms with Crippen molar-refractivity contribution >= 4 is 11.8 Å². The smallest absolute Gasteiger partial charge is 0.230 e. The summed E-state index contributed by atoms with van der Waals surface area (Å²) in [6.45, 7) is 4.09. The molecule has 0 heterocycles. The zero-order valence-electron chi connectivity index (χ0n) is 13.6. The van der Waals surface area contributed by atoms with Crippen molar-refractivity contribution in [2.75, 3.05) is 6.54 Å². The van der Waals surface area contributed by atoms with Crippen LogP contribution in [0.3, 0.4) is 0 Å². The molecule has 2 aliphatic rings. The number of carbonyl (C=O) groups is 2. The molecule has 2 N–H and O–H groups in total. The lowest BCUT2D eigenvalue weighted by atomic mass is 10.0. The Morgan fingerprint density at radius 1 is 1.04 bits per heavy atom. The van der Waals surface area contributed by atoms with Gasteiger partial charge in [0.1, 0.15) is 11.8 Å². The summed E-state index contributed by atoms with van der Waals surface area (Å²) in [5.41, 5.74) is 0. The van der Waals surface area contributed by atoms with Gasteiger partial charge in [0, 0.05) is 35.3 Å². The molecule has 0 aromatic rings. The molecule has 10 nitrogen and oxygen atoms in total. The molecule has 0 radical (unpaired) electrons. The second-order valence-corrected chi connectivity index (χ2v) is 6.97. The second kappa shape index (κ2) is 7.10. The predicted molar refractivity (Wildman–Crippen MR) is 82.2 cm³/mol. The molecule has 0 spiro atoms. The molecule has 0 aromatic carbocycles. The van der Waals surface area contributed by atoms with Crippen molar-refractivity contribution in [3.63, 3.8) is 0 Å². The van der Waals surface area contributed by atoms with E-state index < -0.39 is 33.8 Å². The molecule has 2 fully saturated rings. The van der Waals surface area contributed by atoms with Gasteiger partial charge in [0.05, 0.1) is 0 Å². The minimum Gasteiger partial charge on any atom is -0.354 e. The minimum atomic E-state index is -0.813. The predicted octanol–water partition coefficient (Wildman–Crippen LogP) is -0.0361. The summed E-state index contributed by atoms with van der Waals surface area (Å²) in [5, 5.41) is 26.6. The maximum absolute atomic E-state index is 12.0. The van der Waals surface area contributed by atoms with Gasteiger partial charge >= 0.3 is 0 Å². The van der Waals surface area contributed by atoms with Gasteiger partial charge in [-0.15, -0.1) is 0 Å². The number of amides is 2. The van der Waals surface area contributed by atoms with Crippen LogP contribution >= 0.6 is 0 Å². The van der Waals surface area contributed by atoms with E-state index in [1.54, 1.807) is 0 Å². The Morgan fingerprint density at radius 2 is 1.54 bits per heavy atom. The molecule has 2 rings (SSSR count). The highest BCUT2D eigenvalue weighted by Gasteiger charge is 2.54. The zero-order chi connectivity index (χ0) is 18.0. The van der Waals surface area contributed by atoms with Crippen LogP contribution < -0.4 is 10.6 Å². The van der Waals surface area contributed by atoms with Crippen molar-refractivity contribution in [3.05, 3.63) is 20.2 Å². The first-order valence-corrected chi connectivity index (χ1v) is 8.05. The Labute approximate surface area is 138 Å². The number of hydrogen-bond donors (Lipinski definition) is 2. The Kier molecular flexibility index (Phi) is 5.35. The van der Waals surface area contributed by atoms with Crippen LogP contribution in [0.5, 0.6) is 0 Å². The third kappa shape index (κ3) is 4.62. The molecule has 0 aliphatic heterocycles. The van der Waals surface area contributed by atoms with E-state index in [0.717, 1.165) is 0 Å². The van der Waals surface area contributed by atoms with Gasteiger partial charge in [-0.1, -0.05) is 13.8 Å². The minimum absolute atomic E-state index is 0.166. The van der Waals surface area contributed by atoms with Crippen LogP contribution in [0, 0.1) is 38.0 Å². The molecule has 0 bridgehead atoms. The first-order chi connectivity index (χ1) is 11.2. The normalized spacial score (nSPS) is 28.8. The quantitative estimate of drug-likeness (QED) is 0.444. The van der Waals surface area contributed by atoms with Gasteiger partial charge in [0.25, 0.3) is 0 Å². The average Bonchev–Trinajstić information content (AvgIpc) is 3.36. The number of carbonyl (C=O) groups excluding carboxylic acids is 2. The maximum atomic E-state index is 12.0. The van der Waals surface area contributed by atoms with Crippen molar-refractivity contribution in [1.82, 2.24) is 10.6 Å². The van der Waals surface area contributed by atoms with Crippen LogP contribution in [0.1, 0.15) is 33.1 Å². The number of hydrogen-bond acceptors (Lipinski definition) is 6. The Bertz CT molecular complexity index is 551. The third-order valence-electron chi connectivity index (χ3n) is 4.35.